The molecule has 2 heterocycles. The third kappa shape index (κ3) is 2.82. The van der Waals surface area contributed by atoms with Gasteiger partial charge in [0.2, 0.25) is 5.76 Å². The van der Waals surface area contributed by atoms with E-state index in [2.05, 4.69) is 5.16 Å². The molecule has 0 bridgehead atoms. The molecule has 1 amide bonds. The monoisotopic (exact) mass is 282 g/mol. The molecule has 7 nitrogen and oxygen atoms in total. The van der Waals surface area contributed by atoms with E-state index in [4.69, 9.17) is 14.4 Å². The summed E-state index contributed by atoms with van der Waals surface area (Å²) in [5.74, 6) is -1.27. The molecule has 20 heavy (non-hydrogen) atoms. The lowest BCUT2D eigenvalue weighted by atomic mass is 10.1. The number of aromatic nitrogens is 1. The molecule has 0 aromatic carbocycles. The number of hydrogen-bond donors (Lipinski definition) is 1. The van der Waals surface area contributed by atoms with Gasteiger partial charge in [0.25, 0.3) is 5.91 Å². The Labute approximate surface area is 116 Å². The van der Waals surface area contributed by atoms with Crippen LogP contribution in [0.15, 0.2) is 10.6 Å². The van der Waals surface area contributed by atoms with Crippen molar-refractivity contribution in [2.24, 2.45) is 0 Å². The maximum absolute atomic E-state index is 12.3. The Morgan fingerprint density at radius 2 is 2.35 bits per heavy atom. The van der Waals surface area contributed by atoms with Crippen molar-refractivity contribution in [1.82, 2.24) is 10.1 Å². The molecule has 110 valence electrons. The third-order valence-corrected chi connectivity index (χ3v) is 3.53. The highest BCUT2D eigenvalue weighted by Crippen LogP contribution is 2.20. The number of nitrogens with zero attached hydrogens (tertiary/aromatic N) is 2. The molecule has 0 saturated carbocycles. The summed E-state index contributed by atoms with van der Waals surface area (Å²) in [7, 11) is 0. The number of carboxylic acid groups (broad SMARTS) is 1. The highest BCUT2D eigenvalue weighted by Gasteiger charge is 2.35. The van der Waals surface area contributed by atoms with Crippen LogP contribution in [0.3, 0.4) is 0 Å². The van der Waals surface area contributed by atoms with Crippen molar-refractivity contribution in [1.29, 1.82) is 0 Å². The zero-order valence-electron chi connectivity index (χ0n) is 11.5. The molecular weight excluding hydrogens is 264 g/mol. The fourth-order valence-corrected chi connectivity index (χ4v) is 2.02. The summed E-state index contributed by atoms with van der Waals surface area (Å²) < 4.78 is 10.2. The number of hydrogen-bond acceptors (Lipinski definition) is 5. The van der Waals surface area contributed by atoms with Crippen molar-refractivity contribution in [3.63, 3.8) is 0 Å². The van der Waals surface area contributed by atoms with E-state index < -0.39 is 17.9 Å². The zero-order chi connectivity index (χ0) is 14.7. The summed E-state index contributed by atoms with van der Waals surface area (Å²) in [6.07, 6.45) is 0.884. The van der Waals surface area contributed by atoms with E-state index in [0.717, 1.165) is 6.42 Å². The van der Waals surface area contributed by atoms with E-state index in [1.165, 1.54) is 4.90 Å². The lowest BCUT2D eigenvalue weighted by Crippen LogP contribution is -2.52. The molecule has 2 atom stereocenters. The van der Waals surface area contributed by atoms with Crippen LogP contribution in [0.4, 0.5) is 0 Å². The van der Waals surface area contributed by atoms with Crippen LogP contribution in [0.2, 0.25) is 0 Å². The van der Waals surface area contributed by atoms with Gasteiger partial charge in [-0.05, 0) is 6.42 Å². The molecule has 1 aromatic rings. The minimum Gasteiger partial charge on any atom is -0.480 e. The number of amides is 1. The number of morpholine rings is 1. The quantitative estimate of drug-likeness (QED) is 0.889. The van der Waals surface area contributed by atoms with Crippen molar-refractivity contribution < 1.29 is 24.0 Å². The van der Waals surface area contributed by atoms with Crippen molar-refractivity contribution >= 4 is 11.9 Å². The number of rotatable bonds is 4. The Balaban J connectivity index is 2.17. The van der Waals surface area contributed by atoms with E-state index in [1.54, 1.807) is 6.07 Å². The van der Waals surface area contributed by atoms with Crippen molar-refractivity contribution in [2.75, 3.05) is 19.8 Å². The largest absolute Gasteiger partial charge is 0.480 e. The van der Waals surface area contributed by atoms with Gasteiger partial charge in [0, 0.05) is 18.5 Å². The average Bonchev–Trinajstić information content (AvgIpc) is 2.95. The number of carboxylic acids is 1. The van der Waals surface area contributed by atoms with Crippen molar-refractivity contribution in [3.05, 3.63) is 17.5 Å². The fourth-order valence-electron chi connectivity index (χ4n) is 2.02. The third-order valence-electron chi connectivity index (χ3n) is 3.53. The minimum atomic E-state index is -1.08. The standard InChI is InChI=1S/C13H18N2O5/c1-3-8(2)9-6-11(20-14-9)12(16)15-4-5-19-7-10(15)13(17)18/h6,8,10H,3-5,7H2,1-2H3,(H,17,18). The highest BCUT2D eigenvalue weighted by atomic mass is 16.5. The second kappa shape index (κ2) is 6.04. The second-order valence-corrected chi connectivity index (χ2v) is 4.85. The smallest absolute Gasteiger partial charge is 0.328 e. The molecule has 2 rings (SSSR count). The molecule has 0 radical (unpaired) electrons. The van der Waals surface area contributed by atoms with Crippen LogP contribution in [0.5, 0.6) is 0 Å². The number of carbonyl (C=O) groups excluding carboxylic acids is 1. The van der Waals surface area contributed by atoms with Crippen LogP contribution in [0.25, 0.3) is 0 Å². The van der Waals surface area contributed by atoms with Gasteiger partial charge in [0.15, 0.2) is 6.04 Å². The zero-order valence-corrected chi connectivity index (χ0v) is 11.5. The Kier molecular flexibility index (Phi) is 4.39. The summed E-state index contributed by atoms with van der Waals surface area (Å²) in [6.45, 7) is 4.55. The molecule has 2 unspecified atom stereocenters. The second-order valence-electron chi connectivity index (χ2n) is 4.85. The van der Waals surface area contributed by atoms with E-state index in [0.29, 0.717) is 12.3 Å². The summed E-state index contributed by atoms with van der Waals surface area (Å²) in [5, 5.41) is 13.0. The predicted octanol–water partition coefficient (Wildman–Crippen LogP) is 1.11. The van der Waals surface area contributed by atoms with Gasteiger partial charge in [-0.25, -0.2) is 4.79 Å². The van der Waals surface area contributed by atoms with Crippen LogP contribution < -0.4 is 0 Å². The highest BCUT2D eigenvalue weighted by molar-refractivity contribution is 5.94. The minimum absolute atomic E-state index is 0.00652. The Bertz CT molecular complexity index is 499. The topological polar surface area (TPSA) is 92.9 Å². The van der Waals surface area contributed by atoms with E-state index in [-0.39, 0.29) is 24.8 Å². The Morgan fingerprint density at radius 1 is 1.60 bits per heavy atom. The molecule has 1 fully saturated rings. The van der Waals surface area contributed by atoms with Crippen LogP contribution in [0.1, 0.15) is 42.4 Å². The molecule has 1 N–H and O–H groups in total. The van der Waals surface area contributed by atoms with Crippen LogP contribution in [-0.4, -0.2) is 52.8 Å². The molecule has 1 aromatic heterocycles. The van der Waals surface area contributed by atoms with Gasteiger partial charge in [-0.2, -0.15) is 0 Å². The lowest BCUT2D eigenvalue weighted by Gasteiger charge is -2.31. The van der Waals surface area contributed by atoms with Gasteiger partial charge < -0.3 is 19.3 Å². The van der Waals surface area contributed by atoms with Gasteiger partial charge in [-0.15, -0.1) is 0 Å². The number of carbonyl (C=O) groups is 2. The molecule has 1 aliphatic heterocycles. The Morgan fingerprint density at radius 3 is 3.00 bits per heavy atom. The number of ether oxygens (including phenoxy) is 1. The van der Waals surface area contributed by atoms with Gasteiger partial charge in [0.1, 0.15) is 0 Å². The van der Waals surface area contributed by atoms with Gasteiger partial charge >= 0.3 is 5.97 Å². The van der Waals surface area contributed by atoms with Crippen molar-refractivity contribution in [3.8, 4) is 0 Å². The summed E-state index contributed by atoms with van der Waals surface area (Å²) in [6, 6.07) is 0.610. The van der Waals surface area contributed by atoms with E-state index >= 15 is 0 Å². The molecule has 0 aliphatic carbocycles. The summed E-state index contributed by atoms with van der Waals surface area (Å²) >= 11 is 0. The average molecular weight is 282 g/mol. The molecule has 7 heteroatoms. The maximum atomic E-state index is 12.3. The molecular formula is C13H18N2O5. The van der Waals surface area contributed by atoms with Crippen molar-refractivity contribution in [2.45, 2.75) is 32.2 Å². The van der Waals surface area contributed by atoms with Gasteiger partial charge in [-0.1, -0.05) is 19.0 Å². The summed E-state index contributed by atoms with van der Waals surface area (Å²) in [5.41, 5.74) is 0.705. The lowest BCUT2D eigenvalue weighted by molar-refractivity contribution is -0.147. The molecule has 1 saturated heterocycles. The first-order chi connectivity index (χ1) is 9.54. The van der Waals surface area contributed by atoms with Crippen LogP contribution in [0, 0.1) is 0 Å². The normalized spacial score (nSPS) is 20.7. The first kappa shape index (κ1) is 14.5. The number of aliphatic carboxylic acids is 1. The first-order valence-corrected chi connectivity index (χ1v) is 6.62. The molecule has 1 aliphatic rings. The van der Waals surface area contributed by atoms with E-state index in [1.807, 2.05) is 13.8 Å². The first-order valence-electron chi connectivity index (χ1n) is 6.62. The SMILES string of the molecule is CCC(C)c1cc(C(=O)N2CCOCC2C(=O)O)on1. The van der Waals surface area contributed by atoms with Gasteiger partial charge in [-0.3, -0.25) is 4.79 Å². The predicted molar refractivity (Wildman–Crippen MR) is 68.5 cm³/mol. The fraction of sp³-hybridized carbons (Fsp3) is 0.615. The maximum Gasteiger partial charge on any atom is 0.328 e. The van der Waals surface area contributed by atoms with Gasteiger partial charge in [0.05, 0.1) is 18.9 Å². The summed E-state index contributed by atoms with van der Waals surface area (Å²) in [4.78, 5) is 24.7. The van der Waals surface area contributed by atoms with Crippen LogP contribution >= 0.6 is 0 Å². The van der Waals surface area contributed by atoms with E-state index in [9.17, 15) is 9.59 Å². The Hall–Kier alpha value is -1.89. The molecule has 0 spiro atoms. The van der Waals surface area contributed by atoms with Crippen LogP contribution in [-0.2, 0) is 9.53 Å².